The Labute approximate surface area is 87.6 Å². The van der Waals surface area contributed by atoms with Gasteiger partial charge in [-0.2, -0.15) is 0 Å². The number of hydrogen-bond donors (Lipinski definition) is 0. The van der Waals surface area contributed by atoms with Crippen LogP contribution in [0.25, 0.3) is 0 Å². The van der Waals surface area contributed by atoms with E-state index in [1.807, 2.05) is 4.68 Å². The second kappa shape index (κ2) is 3.19. The maximum atomic E-state index is 5.79. The van der Waals surface area contributed by atoms with Gasteiger partial charge in [0.1, 0.15) is 0 Å². The average molecular weight is 213 g/mol. The van der Waals surface area contributed by atoms with Gasteiger partial charge in [-0.3, -0.25) is 0 Å². The number of tetrazole rings is 1. The fourth-order valence-electron chi connectivity index (χ4n) is 3.07. The van der Waals surface area contributed by atoms with Crippen molar-refractivity contribution in [1.82, 2.24) is 20.2 Å². The minimum Gasteiger partial charge on any atom is -0.225 e. The molecule has 0 spiro atoms. The summed E-state index contributed by atoms with van der Waals surface area (Å²) >= 11 is 5.79. The van der Waals surface area contributed by atoms with Gasteiger partial charge in [-0.15, -0.1) is 16.7 Å². The van der Waals surface area contributed by atoms with Crippen LogP contribution in [-0.4, -0.2) is 20.2 Å². The third-order valence-electron chi connectivity index (χ3n) is 3.70. The van der Waals surface area contributed by atoms with Crippen molar-refractivity contribution >= 4 is 11.6 Å². The van der Waals surface area contributed by atoms with Crippen LogP contribution in [0.1, 0.15) is 37.5 Å². The number of nitrogens with zero attached hydrogens (tertiary/aromatic N) is 4. The fourth-order valence-corrected chi connectivity index (χ4v) is 3.24. The third-order valence-corrected chi connectivity index (χ3v) is 3.93. The summed E-state index contributed by atoms with van der Waals surface area (Å²) in [5, 5.41) is 11.7. The van der Waals surface area contributed by atoms with E-state index in [0.29, 0.717) is 11.9 Å². The topological polar surface area (TPSA) is 43.6 Å². The summed E-state index contributed by atoms with van der Waals surface area (Å²) in [6.07, 6.45) is 5.36. The molecule has 5 heteroatoms. The first-order chi connectivity index (χ1) is 6.88. The molecule has 0 radical (unpaired) electrons. The number of aromatic nitrogens is 4. The molecule has 0 N–H and O–H groups in total. The lowest BCUT2D eigenvalue weighted by molar-refractivity contribution is 0.297. The van der Waals surface area contributed by atoms with E-state index in [4.69, 9.17) is 11.6 Å². The minimum absolute atomic E-state index is 0.418. The van der Waals surface area contributed by atoms with Crippen LogP contribution < -0.4 is 0 Å². The number of hydrogen-bond acceptors (Lipinski definition) is 3. The Morgan fingerprint density at radius 1 is 1.36 bits per heavy atom. The van der Waals surface area contributed by atoms with Gasteiger partial charge in [-0.1, -0.05) is 6.42 Å². The molecule has 0 aliphatic heterocycles. The highest BCUT2D eigenvalue weighted by Crippen LogP contribution is 2.50. The molecule has 2 aliphatic rings. The van der Waals surface area contributed by atoms with Gasteiger partial charge in [-0.05, 0) is 41.5 Å². The summed E-state index contributed by atoms with van der Waals surface area (Å²) in [5.74, 6) is 2.95. The number of fused-ring (bicyclic) bond motifs is 2. The van der Waals surface area contributed by atoms with Crippen LogP contribution in [0.5, 0.6) is 0 Å². The van der Waals surface area contributed by atoms with E-state index in [-0.39, 0.29) is 0 Å². The predicted octanol–water partition coefficient (Wildman–Crippen LogP) is 1.77. The van der Waals surface area contributed by atoms with Gasteiger partial charge in [0.2, 0.25) is 0 Å². The lowest BCUT2D eigenvalue weighted by atomic mass is 9.95. The van der Waals surface area contributed by atoms with Crippen molar-refractivity contribution in [2.24, 2.45) is 11.8 Å². The van der Waals surface area contributed by atoms with Crippen molar-refractivity contribution in [3.05, 3.63) is 5.82 Å². The molecular weight excluding hydrogens is 200 g/mol. The van der Waals surface area contributed by atoms with Crippen LogP contribution >= 0.6 is 11.6 Å². The molecule has 14 heavy (non-hydrogen) atoms. The molecule has 0 aromatic carbocycles. The molecule has 1 heterocycles. The normalized spacial score (nSPS) is 35.4. The van der Waals surface area contributed by atoms with Gasteiger partial charge in [0.15, 0.2) is 5.82 Å². The van der Waals surface area contributed by atoms with Gasteiger partial charge < -0.3 is 0 Å². The van der Waals surface area contributed by atoms with E-state index in [2.05, 4.69) is 15.5 Å². The van der Waals surface area contributed by atoms with E-state index in [1.165, 1.54) is 25.7 Å². The summed E-state index contributed by atoms with van der Waals surface area (Å²) < 4.78 is 1.96. The highest BCUT2D eigenvalue weighted by Gasteiger charge is 2.41. The molecular formula is C9H13ClN4. The zero-order chi connectivity index (χ0) is 9.54. The Hall–Kier alpha value is -0.640. The number of rotatable bonds is 2. The van der Waals surface area contributed by atoms with Crippen LogP contribution in [0.3, 0.4) is 0 Å². The van der Waals surface area contributed by atoms with Gasteiger partial charge in [0, 0.05) is 0 Å². The standard InChI is InChI=1S/C9H13ClN4/c10-5-9-11-12-13-14(9)8-4-6-1-2-7(8)3-6/h6-8H,1-5H2. The zero-order valence-electron chi connectivity index (χ0n) is 7.93. The van der Waals surface area contributed by atoms with Gasteiger partial charge in [0.05, 0.1) is 11.9 Å². The molecule has 0 saturated heterocycles. The first kappa shape index (κ1) is 8.65. The number of alkyl halides is 1. The molecule has 2 fully saturated rings. The second-order valence-corrected chi connectivity index (χ2v) is 4.68. The van der Waals surface area contributed by atoms with Crippen molar-refractivity contribution < 1.29 is 0 Å². The Kier molecular flexibility index (Phi) is 1.97. The second-order valence-electron chi connectivity index (χ2n) is 4.42. The van der Waals surface area contributed by atoms with Crippen LogP contribution in [0.2, 0.25) is 0 Å². The Bertz CT molecular complexity index is 337. The van der Waals surface area contributed by atoms with Crippen LogP contribution in [0.15, 0.2) is 0 Å². The van der Waals surface area contributed by atoms with E-state index in [1.54, 1.807) is 0 Å². The zero-order valence-corrected chi connectivity index (χ0v) is 8.69. The summed E-state index contributed by atoms with van der Waals surface area (Å²) in [4.78, 5) is 0. The molecule has 2 saturated carbocycles. The summed E-state index contributed by atoms with van der Waals surface area (Å²) in [7, 11) is 0. The first-order valence-corrected chi connectivity index (χ1v) is 5.74. The average Bonchev–Trinajstić information content (AvgIpc) is 2.92. The van der Waals surface area contributed by atoms with Crippen molar-refractivity contribution in [3.63, 3.8) is 0 Å². The van der Waals surface area contributed by atoms with E-state index in [0.717, 1.165) is 17.7 Å². The summed E-state index contributed by atoms with van der Waals surface area (Å²) in [6.45, 7) is 0. The summed E-state index contributed by atoms with van der Waals surface area (Å²) in [6, 6.07) is 0.525. The van der Waals surface area contributed by atoms with E-state index < -0.39 is 0 Å². The van der Waals surface area contributed by atoms with Crippen molar-refractivity contribution in [2.45, 2.75) is 37.6 Å². The predicted molar refractivity (Wildman–Crippen MR) is 51.9 cm³/mol. The Balaban J connectivity index is 1.89. The first-order valence-electron chi connectivity index (χ1n) is 5.21. The Morgan fingerprint density at radius 3 is 2.93 bits per heavy atom. The molecule has 2 aliphatic carbocycles. The monoisotopic (exact) mass is 212 g/mol. The molecule has 3 atom stereocenters. The van der Waals surface area contributed by atoms with Crippen LogP contribution in [0.4, 0.5) is 0 Å². The van der Waals surface area contributed by atoms with Gasteiger partial charge in [-0.25, -0.2) is 4.68 Å². The Morgan fingerprint density at radius 2 is 2.29 bits per heavy atom. The van der Waals surface area contributed by atoms with Gasteiger partial charge >= 0.3 is 0 Å². The highest BCUT2D eigenvalue weighted by molar-refractivity contribution is 6.16. The molecule has 0 amide bonds. The van der Waals surface area contributed by atoms with Crippen molar-refractivity contribution in [2.75, 3.05) is 0 Å². The molecule has 76 valence electrons. The largest absolute Gasteiger partial charge is 0.225 e. The lowest BCUT2D eigenvalue weighted by Gasteiger charge is -2.21. The summed E-state index contributed by atoms with van der Waals surface area (Å²) in [5.41, 5.74) is 0. The van der Waals surface area contributed by atoms with E-state index in [9.17, 15) is 0 Å². The SMILES string of the molecule is ClCc1nnnn1C1CC2CCC1C2. The smallest absolute Gasteiger partial charge is 0.166 e. The van der Waals surface area contributed by atoms with Crippen LogP contribution in [0, 0.1) is 11.8 Å². The van der Waals surface area contributed by atoms with E-state index >= 15 is 0 Å². The number of halogens is 1. The fraction of sp³-hybridized carbons (Fsp3) is 0.889. The van der Waals surface area contributed by atoms with Crippen LogP contribution in [-0.2, 0) is 5.88 Å². The van der Waals surface area contributed by atoms with Crippen molar-refractivity contribution in [3.8, 4) is 0 Å². The molecule has 4 nitrogen and oxygen atoms in total. The minimum atomic E-state index is 0.418. The maximum absolute atomic E-state index is 5.79. The molecule has 3 rings (SSSR count). The lowest BCUT2D eigenvalue weighted by Crippen LogP contribution is -2.19. The molecule has 1 aromatic rings. The van der Waals surface area contributed by atoms with Crippen molar-refractivity contribution in [1.29, 1.82) is 0 Å². The molecule has 1 aromatic heterocycles. The highest BCUT2D eigenvalue weighted by atomic mass is 35.5. The maximum Gasteiger partial charge on any atom is 0.166 e. The molecule has 3 unspecified atom stereocenters. The molecule has 2 bridgehead atoms. The van der Waals surface area contributed by atoms with Gasteiger partial charge in [0.25, 0.3) is 0 Å². The third kappa shape index (κ3) is 1.16. The quantitative estimate of drug-likeness (QED) is 0.702.